The van der Waals surface area contributed by atoms with Crippen LogP contribution in [0.2, 0.25) is 0 Å². The summed E-state index contributed by atoms with van der Waals surface area (Å²) in [6, 6.07) is 3.64. The molecule has 0 atom stereocenters. The molecule has 4 nitrogen and oxygen atoms in total. The van der Waals surface area contributed by atoms with Gasteiger partial charge in [0.1, 0.15) is 0 Å². The number of methoxy groups -OCH3 is 1. The first-order valence-electron chi connectivity index (χ1n) is 3.95. The van der Waals surface area contributed by atoms with Crippen LogP contribution < -0.4 is 11.1 Å². The number of nitrogens with two attached hydrogens (primary N) is 1. The number of hydrogen-bond donors (Lipinski definition) is 2. The molecular weight excluding hydrogens is 248 g/mol. The quantitative estimate of drug-likeness (QED) is 0.761. The van der Waals surface area contributed by atoms with Crippen molar-refractivity contribution in [3.63, 3.8) is 0 Å². The van der Waals surface area contributed by atoms with Crippen LogP contribution in [0, 0.1) is 6.92 Å². The number of rotatable bonds is 1. The number of ether oxygens (including phenoxy) is 1. The van der Waals surface area contributed by atoms with Gasteiger partial charge in [0, 0.05) is 4.47 Å². The number of nitrogens with one attached hydrogen (secondary N) is 1. The number of benzene rings is 1. The van der Waals surface area contributed by atoms with Crippen molar-refractivity contribution in [1.82, 2.24) is 0 Å². The highest BCUT2D eigenvalue weighted by atomic mass is 79.9. The lowest BCUT2D eigenvalue weighted by Gasteiger charge is -2.10. The third kappa shape index (κ3) is 2.38. The van der Waals surface area contributed by atoms with E-state index in [1.54, 1.807) is 6.07 Å². The molecule has 0 aliphatic carbocycles. The number of aryl methyl sites for hydroxylation is 1. The van der Waals surface area contributed by atoms with Gasteiger partial charge >= 0.3 is 6.09 Å². The Morgan fingerprint density at radius 1 is 1.57 bits per heavy atom. The number of carbonyl (C=O) groups is 1. The molecule has 0 unspecified atom stereocenters. The first kappa shape index (κ1) is 10.8. The minimum Gasteiger partial charge on any atom is -0.453 e. The third-order valence-electron chi connectivity index (χ3n) is 1.68. The topological polar surface area (TPSA) is 64.3 Å². The number of anilines is 2. The van der Waals surface area contributed by atoms with Gasteiger partial charge < -0.3 is 10.5 Å². The lowest BCUT2D eigenvalue weighted by atomic mass is 10.2. The van der Waals surface area contributed by atoms with Crippen LogP contribution in [0.4, 0.5) is 16.2 Å². The zero-order chi connectivity index (χ0) is 10.7. The van der Waals surface area contributed by atoms with Gasteiger partial charge in [0.25, 0.3) is 0 Å². The van der Waals surface area contributed by atoms with E-state index in [2.05, 4.69) is 26.0 Å². The van der Waals surface area contributed by atoms with E-state index in [0.29, 0.717) is 11.4 Å². The molecule has 0 bridgehead atoms. The van der Waals surface area contributed by atoms with Crippen molar-refractivity contribution >= 4 is 33.4 Å². The summed E-state index contributed by atoms with van der Waals surface area (Å²) in [5.41, 5.74) is 7.78. The average molecular weight is 259 g/mol. The summed E-state index contributed by atoms with van der Waals surface area (Å²) in [7, 11) is 1.30. The van der Waals surface area contributed by atoms with Crippen LogP contribution in [0.25, 0.3) is 0 Å². The van der Waals surface area contributed by atoms with Crippen LogP contribution in [0.5, 0.6) is 0 Å². The zero-order valence-corrected chi connectivity index (χ0v) is 9.51. The minimum atomic E-state index is -0.541. The maximum atomic E-state index is 11.0. The molecule has 1 amide bonds. The van der Waals surface area contributed by atoms with Crippen molar-refractivity contribution in [1.29, 1.82) is 0 Å². The molecule has 0 aliphatic rings. The van der Waals surface area contributed by atoms with Crippen molar-refractivity contribution in [3.05, 3.63) is 22.2 Å². The lowest BCUT2D eigenvalue weighted by molar-refractivity contribution is 0.187. The first-order chi connectivity index (χ1) is 6.54. The van der Waals surface area contributed by atoms with Crippen molar-refractivity contribution in [2.24, 2.45) is 0 Å². The van der Waals surface area contributed by atoms with Gasteiger partial charge in [-0.1, -0.05) is 0 Å². The summed E-state index contributed by atoms with van der Waals surface area (Å²) in [5.74, 6) is 0. The molecule has 0 saturated heterocycles. The van der Waals surface area contributed by atoms with Crippen LogP contribution >= 0.6 is 15.9 Å². The Morgan fingerprint density at radius 3 is 2.71 bits per heavy atom. The number of nitrogen functional groups attached to an aromatic ring is 1. The molecule has 0 heterocycles. The minimum absolute atomic E-state index is 0.502. The molecule has 76 valence electrons. The Balaban J connectivity index is 3.02. The molecule has 0 radical (unpaired) electrons. The van der Waals surface area contributed by atoms with Gasteiger partial charge in [-0.25, -0.2) is 4.79 Å². The van der Waals surface area contributed by atoms with Gasteiger partial charge in [0.2, 0.25) is 0 Å². The highest BCUT2D eigenvalue weighted by Crippen LogP contribution is 2.30. The normalized spacial score (nSPS) is 9.64. The number of hydrogen-bond acceptors (Lipinski definition) is 3. The molecule has 0 spiro atoms. The fourth-order valence-corrected chi connectivity index (χ4v) is 1.74. The van der Waals surface area contributed by atoms with Gasteiger partial charge in [-0.15, -0.1) is 0 Å². The SMILES string of the molecule is COC(=O)Nc1c(N)cc(C)cc1Br. The van der Waals surface area contributed by atoms with E-state index in [1.165, 1.54) is 7.11 Å². The van der Waals surface area contributed by atoms with E-state index in [0.717, 1.165) is 10.0 Å². The van der Waals surface area contributed by atoms with Crippen molar-refractivity contribution in [3.8, 4) is 0 Å². The standard InChI is InChI=1S/C9H11BrN2O2/c1-5-3-6(10)8(7(11)4-5)12-9(13)14-2/h3-4H,11H2,1-2H3,(H,12,13). The number of amides is 1. The largest absolute Gasteiger partial charge is 0.453 e. The Bertz CT molecular complexity index is 343. The van der Waals surface area contributed by atoms with E-state index in [-0.39, 0.29) is 0 Å². The van der Waals surface area contributed by atoms with Crippen LogP contribution in [0.1, 0.15) is 5.56 Å². The molecule has 0 aromatic heterocycles. The summed E-state index contributed by atoms with van der Waals surface area (Å²) >= 11 is 3.31. The molecule has 1 aromatic carbocycles. The lowest BCUT2D eigenvalue weighted by Crippen LogP contribution is -2.13. The third-order valence-corrected chi connectivity index (χ3v) is 2.30. The summed E-state index contributed by atoms with van der Waals surface area (Å²) in [5, 5.41) is 2.52. The van der Waals surface area contributed by atoms with Crippen molar-refractivity contribution in [2.75, 3.05) is 18.2 Å². The van der Waals surface area contributed by atoms with E-state index in [1.807, 2.05) is 13.0 Å². The fourth-order valence-electron chi connectivity index (χ4n) is 1.05. The Labute approximate surface area is 90.6 Å². The van der Waals surface area contributed by atoms with Crippen molar-refractivity contribution in [2.45, 2.75) is 6.92 Å². The van der Waals surface area contributed by atoms with Gasteiger partial charge in [-0.2, -0.15) is 0 Å². The van der Waals surface area contributed by atoms with Gasteiger partial charge in [-0.3, -0.25) is 5.32 Å². The first-order valence-corrected chi connectivity index (χ1v) is 4.74. The molecule has 0 aliphatic heterocycles. The van der Waals surface area contributed by atoms with E-state index in [9.17, 15) is 4.79 Å². The highest BCUT2D eigenvalue weighted by molar-refractivity contribution is 9.10. The second-order valence-electron chi connectivity index (χ2n) is 2.83. The van der Waals surface area contributed by atoms with E-state index >= 15 is 0 Å². The summed E-state index contributed by atoms with van der Waals surface area (Å²) in [4.78, 5) is 11.0. The maximum absolute atomic E-state index is 11.0. The molecule has 0 saturated carbocycles. The molecule has 5 heteroatoms. The highest BCUT2D eigenvalue weighted by Gasteiger charge is 2.08. The fraction of sp³-hybridized carbons (Fsp3) is 0.222. The van der Waals surface area contributed by atoms with Gasteiger partial charge in [0.15, 0.2) is 0 Å². The second-order valence-corrected chi connectivity index (χ2v) is 3.68. The molecule has 14 heavy (non-hydrogen) atoms. The Kier molecular flexibility index (Phi) is 3.35. The number of carbonyl (C=O) groups excluding carboxylic acids is 1. The molecule has 3 N–H and O–H groups in total. The molecule has 0 fully saturated rings. The van der Waals surface area contributed by atoms with Gasteiger partial charge in [-0.05, 0) is 40.5 Å². The summed E-state index contributed by atoms with van der Waals surface area (Å²) in [6.07, 6.45) is -0.541. The van der Waals surface area contributed by atoms with Crippen LogP contribution in [0.3, 0.4) is 0 Å². The summed E-state index contributed by atoms with van der Waals surface area (Å²) < 4.78 is 5.20. The zero-order valence-electron chi connectivity index (χ0n) is 7.93. The number of halogens is 1. The van der Waals surface area contributed by atoms with Crippen LogP contribution in [-0.2, 0) is 4.74 Å². The Hall–Kier alpha value is -1.23. The second kappa shape index (κ2) is 4.32. The smallest absolute Gasteiger partial charge is 0.411 e. The van der Waals surface area contributed by atoms with E-state index in [4.69, 9.17) is 5.73 Å². The van der Waals surface area contributed by atoms with Crippen LogP contribution in [0.15, 0.2) is 16.6 Å². The molecule has 1 aromatic rings. The Morgan fingerprint density at radius 2 is 2.21 bits per heavy atom. The van der Waals surface area contributed by atoms with Gasteiger partial charge in [0.05, 0.1) is 18.5 Å². The molecule has 1 rings (SSSR count). The van der Waals surface area contributed by atoms with E-state index < -0.39 is 6.09 Å². The van der Waals surface area contributed by atoms with Crippen molar-refractivity contribution < 1.29 is 9.53 Å². The maximum Gasteiger partial charge on any atom is 0.411 e. The monoisotopic (exact) mass is 258 g/mol. The average Bonchev–Trinajstić information content (AvgIpc) is 2.10. The molecular formula is C9H11BrN2O2. The predicted octanol–water partition coefficient (Wildman–Crippen LogP) is 2.52. The summed E-state index contributed by atoms with van der Waals surface area (Å²) in [6.45, 7) is 1.92. The van der Waals surface area contributed by atoms with Crippen LogP contribution in [-0.4, -0.2) is 13.2 Å². The predicted molar refractivity (Wildman–Crippen MR) is 59.3 cm³/mol.